The van der Waals surface area contributed by atoms with Crippen molar-refractivity contribution < 1.29 is 9.18 Å². The number of carbonyl (C=O) groups is 1. The molecule has 0 radical (unpaired) electrons. The van der Waals surface area contributed by atoms with Gasteiger partial charge in [0.2, 0.25) is 5.95 Å². The number of alkyl halides is 1. The van der Waals surface area contributed by atoms with Crippen LogP contribution in [-0.4, -0.2) is 63.1 Å². The topological polar surface area (TPSA) is 104 Å². The average molecular weight is 454 g/mol. The molecule has 174 valence electrons. The fourth-order valence-corrected chi connectivity index (χ4v) is 4.28. The van der Waals surface area contributed by atoms with Gasteiger partial charge in [0, 0.05) is 44.1 Å². The lowest BCUT2D eigenvalue weighted by atomic mass is 10.1. The van der Waals surface area contributed by atoms with Crippen molar-refractivity contribution in [2.45, 2.75) is 45.3 Å². The minimum Gasteiger partial charge on any atom is -0.338 e. The lowest BCUT2D eigenvalue weighted by molar-refractivity contribution is 0.252. The third-order valence-corrected chi connectivity index (χ3v) is 6.24. The molecule has 2 unspecified atom stereocenters. The van der Waals surface area contributed by atoms with Crippen LogP contribution < -0.4 is 20.4 Å². The number of rotatable bonds is 6. The summed E-state index contributed by atoms with van der Waals surface area (Å²) in [5.74, 6) is 2.32. The monoisotopic (exact) mass is 453 g/mol. The molecule has 0 saturated carbocycles. The highest BCUT2D eigenvalue weighted by atomic mass is 19.1. The summed E-state index contributed by atoms with van der Waals surface area (Å²) in [4.78, 5) is 29.2. The minimum atomic E-state index is -0.851. The third kappa shape index (κ3) is 4.14. The fraction of sp³-hybridized carbons (Fsp3) is 0.500. The molecular formula is C22H28FN9O. The van der Waals surface area contributed by atoms with Crippen molar-refractivity contribution >= 4 is 40.3 Å². The second-order valence-corrected chi connectivity index (χ2v) is 8.55. The predicted octanol–water partition coefficient (Wildman–Crippen LogP) is 3.40. The molecule has 10 nitrogen and oxygen atoms in total. The van der Waals surface area contributed by atoms with E-state index in [0.29, 0.717) is 49.5 Å². The van der Waals surface area contributed by atoms with E-state index in [9.17, 15) is 9.18 Å². The van der Waals surface area contributed by atoms with E-state index in [2.05, 4.69) is 39.4 Å². The first-order chi connectivity index (χ1) is 16.0. The van der Waals surface area contributed by atoms with Crippen LogP contribution in [0.2, 0.25) is 0 Å². The van der Waals surface area contributed by atoms with Gasteiger partial charge >= 0.3 is 6.03 Å². The molecule has 0 bridgehead atoms. The Morgan fingerprint density at radius 2 is 2.18 bits per heavy atom. The third-order valence-electron chi connectivity index (χ3n) is 6.24. The summed E-state index contributed by atoms with van der Waals surface area (Å²) < 4.78 is 15.8. The number of nitrogens with zero attached hydrogens (tertiary/aromatic N) is 7. The van der Waals surface area contributed by atoms with E-state index in [1.54, 1.807) is 23.4 Å². The van der Waals surface area contributed by atoms with Crippen molar-refractivity contribution in [2.75, 3.05) is 41.3 Å². The van der Waals surface area contributed by atoms with Crippen molar-refractivity contribution in [1.82, 2.24) is 30.0 Å². The zero-order chi connectivity index (χ0) is 22.9. The van der Waals surface area contributed by atoms with Gasteiger partial charge in [0.1, 0.15) is 17.8 Å². The van der Waals surface area contributed by atoms with Gasteiger partial charge in [-0.3, -0.25) is 9.58 Å². The van der Waals surface area contributed by atoms with Crippen LogP contribution in [0.25, 0.3) is 10.9 Å². The number of hydrogen-bond acceptors (Lipinski definition) is 7. The van der Waals surface area contributed by atoms with E-state index in [1.165, 1.54) is 0 Å². The second kappa shape index (κ2) is 8.80. The molecule has 5 rings (SSSR count). The Kier molecular flexibility index (Phi) is 5.69. The molecule has 3 aromatic rings. The van der Waals surface area contributed by atoms with Crippen LogP contribution in [0, 0.1) is 0 Å². The number of piperidine rings is 1. The fourth-order valence-electron chi connectivity index (χ4n) is 4.28. The van der Waals surface area contributed by atoms with Gasteiger partial charge in [0.25, 0.3) is 0 Å². The van der Waals surface area contributed by atoms with Crippen molar-refractivity contribution in [3.8, 4) is 0 Å². The Hall–Kier alpha value is -3.50. The molecule has 2 atom stereocenters. The number of aromatic nitrogens is 5. The van der Waals surface area contributed by atoms with Gasteiger partial charge < -0.3 is 15.5 Å². The van der Waals surface area contributed by atoms with Crippen LogP contribution in [-0.2, 0) is 0 Å². The summed E-state index contributed by atoms with van der Waals surface area (Å²) in [5, 5.41) is 11.7. The van der Waals surface area contributed by atoms with Crippen molar-refractivity contribution in [2.24, 2.45) is 0 Å². The molecule has 2 aliphatic heterocycles. The Morgan fingerprint density at radius 1 is 1.30 bits per heavy atom. The summed E-state index contributed by atoms with van der Waals surface area (Å²) in [6.45, 7) is 6.43. The molecule has 2 amide bonds. The average Bonchev–Trinajstić information content (AvgIpc) is 3.41. The van der Waals surface area contributed by atoms with E-state index in [4.69, 9.17) is 5.10 Å². The number of urea groups is 1. The molecule has 0 aliphatic carbocycles. The number of carbonyl (C=O) groups excluding carboxylic acids is 1. The number of fused-ring (bicyclic) bond motifs is 1. The number of amides is 2. The summed E-state index contributed by atoms with van der Waals surface area (Å²) >= 11 is 0. The predicted molar refractivity (Wildman–Crippen MR) is 125 cm³/mol. The van der Waals surface area contributed by atoms with Crippen LogP contribution >= 0.6 is 0 Å². The SMILES string of the molecule is CCC(C)n1nc(N2CCNC2=O)c2cnc(Nc3ccnc(N4CCCC(F)C4)n3)cc21. The Labute approximate surface area is 191 Å². The maximum atomic E-state index is 13.8. The molecule has 5 heterocycles. The summed E-state index contributed by atoms with van der Waals surface area (Å²) in [6.07, 6.45) is 4.83. The molecule has 0 spiro atoms. The van der Waals surface area contributed by atoms with Crippen molar-refractivity contribution in [1.29, 1.82) is 0 Å². The van der Waals surface area contributed by atoms with Crippen molar-refractivity contribution in [3.05, 3.63) is 24.5 Å². The summed E-state index contributed by atoms with van der Waals surface area (Å²) in [5.41, 5.74) is 0.891. The number of pyridine rings is 1. The van der Waals surface area contributed by atoms with E-state index in [1.807, 2.05) is 15.6 Å². The summed E-state index contributed by atoms with van der Waals surface area (Å²) in [7, 11) is 0. The standard InChI is InChI=1S/C22H28FN9O/c1-3-14(2)32-17-11-19(26-12-16(17)20(29-32)31-10-8-25-22(31)33)27-18-6-7-24-21(28-18)30-9-4-5-15(23)13-30/h6-7,11-12,14-15H,3-5,8-10,13H2,1-2H3,(H,25,33)(H,24,26,27,28). The molecule has 33 heavy (non-hydrogen) atoms. The first-order valence-electron chi connectivity index (χ1n) is 11.5. The number of halogens is 1. The molecule has 3 aromatic heterocycles. The van der Waals surface area contributed by atoms with Gasteiger partial charge in [-0.2, -0.15) is 10.1 Å². The highest BCUT2D eigenvalue weighted by Crippen LogP contribution is 2.31. The second-order valence-electron chi connectivity index (χ2n) is 8.55. The number of hydrogen-bond donors (Lipinski definition) is 2. The highest BCUT2D eigenvalue weighted by molar-refractivity contribution is 6.02. The Morgan fingerprint density at radius 3 is 2.94 bits per heavy atom. The molecule has 11 heteroatoms. The quantitative estimate of drug-likeness (QED) is 0.589. The van der Waals surface area contributed by atoms with Crippen LogP contribution in [0.5, 0.6) is 0 Å². The zero-order valence-electron chi connectivity index (χ0n) is 18.8. The smallest absolute Gasteiger partial charge is 0.323 e. The van der Waals surface area contributed by atoms with Gasteiger partial charge in [-0.05, 0) is 32.3 Å². The molecule has 2 saturated heterocycles. The molecule has 2 N–H and O–H groups in total. The lowest BCUT2D eigenvalue weighted by Crippen LogP contribution is -2.37. The first kappa shape index (κ1) is 21.4. The van der Waals surface area contributed by atoms with Crippen LogP contribution in [0.1, 0.15) is 39.2 Å². The molecule has 0 aromatic carbocycles. The van der Waals surface area contributed by atoms with Crippen molar-refractivity contribution in [3.63, 3.8) is 0 Å². The zero-order valence-corrected chi connectivity index (χ0v) is 18.8. The maximum Gasteiger partial charge on any atom is 0.323 e. The Bertz CT molecular complexity index is 1170. The van der Waals surface area contributed by atoms with E-state index < -0.39 is 6.17 Å². The van der Waals surface area contributed by atoms with E-state index >= 15 is 0 Å². The molecule has 2 aliphatic rings. The van der Waals surface area contributed by atoms with Gasteiger partial charge in [0.05, 0.1) is 17.4 Å². The number of nitrogens with one attached hydrogen (secondary N) is 2. The maximum absolute atomic E-state index is 13.8. The number of anilines is 4. The van der Waals surface area contributed by atoms with Crippen LogP contribution in [0.3, 0.4) is 0 Å². The Balaban J connectivity index is 1.46. The molecule has 2 fully saturated rings. The summed E-state index contributed by atoms with van der Waals surface area (Å²) in [6, 6.07) is 3.69. The molecular weight excluding hydrogens is 425 g/mol. The van der Waals surface area contributed by atoms with E-state index in [-0.39, 0.29) is 12.1 Å². The largest absolute Gasteiger partial charge is 0.338 e. The minimum absolute atomic E-state index is 0.144. The van der Waals surface area contributed by atoms with E-state index in [0.717, 1.165) is 30.3 Å². The van der Waals surface area contributed by atoms with Gasteiger partial charge in [-0.25, -0.2) is 19.2 Å². The van der Waals surface area contributed by atoms with Gasteiger partial charge in [0.15, 0.2) is 5.82 Å². The normalized spacial score (nSPS) is 19.7. The van der Waals surface area contributed by atoms with Crippen LogP contribution in [0.15, 0.2) is 24.5 Å². The van der Waals surface area contributed by atoms with Gasteiger partial charge in [-0.15, -0.1) is 0 Å². The first-order valence-corrected chi connectivity index (χ1v) is 11.5. The van der Waals surface area contributed by atoms with Crippen LogP contribution in [0.4, 0.5) is 32.6 Å². The van der Waals surface area contributed by atoms with Gasteiger partial charge in [-0.1, -0.05) is 6.92 Å². The lowest BCUT2D eigenvalue weighted by Gasteiger charge is -2.29. The highest BCUT2D eigenvalue weighted by Gasteiger charge is 2.27.